The molecule has 10 heteroatoms. The van der Waals surface area contributed by atoms with Crippen LogP contribution in [0.15, 0.2) is 88.2 Å². The Hall–Kier alpha value is -4.13. The molecule has 0 saturated carbocycles. The van der Waals surface area contributed by atoms with Crippen LogP contribution in [-0.4, -0.2) is 13.3 Å². The van der Waals surface area contributed by atoms with Gasteiger partial charge in [0.2, 0.25) is 5.88 Å². The minimum atomic E-state index is -4.34. The zero-order valence-electron chi connectivity index (χ0n) is 16.7. The number of halogens is 1. The summed E-state index contributed by atoms with van der Waals surface area (Å²) in [6.45, 7) is 0. The number of hydrogen-bond donors (Lipinski definition) is 1. The van der Waals surface area contributed by atoms with E-state index in [1.54, 1.807) is 48.5 Å². The van der Waals surface area contributed by atoms with Gasteiger partial charge in [0.1, 0.15) is 22.4 Å². The van der Waals surface area contributed by atoms with Gasteiger partial charge in [-0.25, -0.2) is 13.1 Å². The first-order chi connectivity index (χ1) is 15.8. The Morgan fingerprint density at radius 1 is 0.970 bits per heavy atom. The van der Waals surface area contributed by atoms with Crippen LogP contribution in [0, 0.1) is 21.4 Å². The zero-order valence-corrected chi connectivity index (χ0v) is 18.3. The number of anilines is 1. The number of benzene rings is 3. The zero-order chi connectivity index (χ0) is 23.6. The van der Waals surface area contributed by atoms with E-state index >= 15 is 0 Å². The van der Waals surface area contributed by atoms with Gasteiger partial charge in [-0.3, -0.25) is 10.1 Å². The number of hydrogen-bond acceptors (Lipinski definition) is 6. The Labute approximate surface area is 193 Å². The summed E-state index contributed by atoms with van der Waals surface area (Å²) >= 11 is 5.79. The van der Waals surface area contributed by atoms with Crippen molar-refractivity contribution in [1.29, 1.82) is 5.26 Å². The summed E-state index contributed by atoms with van der Waals surface area (Å²) in [6.07, 6.45) is 0. The summed E-state index contributed by atoms with van der Waals surface area (Å²) in [5.74, 6) is 0.00551. The van der Waals surface area contributed by atoms with Gasteiger partial charge in [0.05, 0.1) is 9.82 Å². The molecule has 0 aliphatic carbocycles. The van der Waals surface area contributed by atoms with Gasteiger partial charge in [0.25, 0.3) is 15.7 Å². The lowest BCUT2D eigenvalue weighted by molar-refractivity contribution is -0.384. The molecular formula is C23H14ClN3O5S. The molecule has 0 bridgehead atoms. The summed E-state index contributed by atoms with van der Waals surface area (Å²) in [5, 5.41) is 20.9. The summed E-state index contributed by atoms with van der Waals surface area (Å²) < 4.78 is 34.1. The maximum atomic E-state index is 13.0. The van der Waals surface area contributed by atoms with Crippen LogP contribution in [-0.2, 0) is 10.0 Å². The highest BCUT2D eigenvalue weighted by atomic mass is 35.5. The number of rotatable bonds is 6. The fraction of sp³-hybridized carbons (Fsp3) is 0. The van der Waals surface area contributed by atoms with Gasteiger partial charge in [0, 0.05) is 17.2 Å². The van der Waals surface area contributed by atoms with E-state index in [1.165, 1.54) is 0 Å². The van der Waals surface area contributed by atoms with Gasteiger partial charge in [-0.05, 0) is 17.7 Å². The van der Waals surface area contributed by atoms with E-state index in [4.69, 9.17) is 16.0 Å². The van der Waals surface area contributed by atoms with Crippen molar-refractivity contribution >= 4 is 33.2 Å². The first kappa shape index (κ1) is 22.1. The molecule has 0 fully saturated rings. The average Bonchev–Trinajstić information content (AvgIpc) is 3.17. The maximum absolute atomic E-state index is 13.0. The number of nitrogens with zero attached hydrogens (tertiary/aromatic N) is 2. The minimum absolute atomic E-state index is 0.0212. The lowest BCUT2D eigenvalue weighted by atomic mass is 9.98. The van der Waals surface area contributed by atoms with Crippen molar-refractivity contribution in [1.82, 2.24) is 0 Å². The van der Waals surface area contributed by atoms with E-state index in [0.29, 0.717) is 22.5 Å². The van der Waals surface area contributed by atoms with E-state index in [2.05, 4.69) is 4.72 Å². The van der Waals surface area contributed by atoms with Crippen LogP contribution in [0.5, 0.6) is 0 Å². The second kappa shape index (κ2) is 8.78. The van der Waals surface area contributed by atoms with Crippen LogP contribution in [0.1, 0.15) is 5.56 Å². The predicted octanol–water partition coefficient (Wildman–Crippen LogP) is 5.85. The lowest BCUT2D eigenvalue weighted by Crippen LogP contribution is -2.13. The molecule has 0 saturated heterocycles. The molecule has 8 nitrogen and oxygen atoms in total. The van der Waals surface area contributed by atoms with Gasteiger partial charge >= 0.3 is 0 Å². The predicted molar refractivity (Wildman–Crippen MR) is 123 cm³/mol. The third kappa shape index (κ3) is 4.30. The summed E-state index contributed by atoms with van der Waals surface area (Å²) in [6, 6.07) is 23.0. The van der Waals surface area contributed by atoms with Crippen molar-refractivity contribution in [3.05, 3.63) is 99.6 Å². The van der Waals surface area contributed by atoms with E-state index in [9.17, 15) is 23.8 Å². The molecule has 0 amide bonds. The number of nitriles is 1. The Balaban J connectivity index is 1.87. The highest BCUT2D eigenvalue weighted by Gasteiger charge is 2.28. The normalized spacial score (nSPS) is 11.0. The first-order valence-electron chi connectivity index (χ1n) is 9.46. The second-order valence-electron chi connectivity index (χ2n) is 6.83. The van der Waals surface area contributed by atoms with Gasteiger partial charge < -0.3 is 4.42 Å². The van der Waals surface area contributed by atoms with Crippen molar-refractivity contribution in [2.45, 2.75) is 4.90 Å². The third-order valence-electron chi connectivity index (χ3n) is 4.77. The largest absolute Gasteiger partial charge is 0.438 e. The number of sulfonamides is 1. The fourth-order valence-electron chi connectivity index (χ4n) is 3.26. The molecule has 3 aromatic carbocycles. The molecule has 0 aliphatic heterocycles. The Morgan fingerprint density at radius 3 is 2.15 bits per heavy atom. The maximum Gasteiger partial charge on any atom is 0.289 e. The molecule has 1 N–H and O–H groups in total. The lowest BCUT2D eigenvalue weighted by Gasteiger charge is -2.06. The quantitative estimate of drug-likeness (QED) is 0.273. The number of furan rings is 1. The number of nitro benzene ring substituents is 1. The molecule has 4 rings (SSSR count). The van der Waals surface area contributed by atoms with Crippen LogP contribution in [0.3, 0.4) is 0 Å². The van der Waals surface area contributed by atoms with Crippen LogP contribution in [0.4, 0.5) is 11.6 Å². The van der Waals surface area contributed by atoms with Crippen LogP contribution < -0.4 is 4.72 Å². The second-order valence-corrected chi connectivity index (χ2v) is 8.92. The SMILES string of the molecule is N#Cc1c(NS(=O)(=O)c2ccc(Cl)c([N+](=O)[O-])c2)oc(-c2ccccc2)c1-c1ccccc1. The summed E-state index contributed by atoms with van der Waals surface area (Å²) in [7, 11) is -4.34. The van der Waals surface area contributed by atoms with Gasteiger partial charge in [-0.2, -0.15) is 5.26 Å². The molecule has 0 radical (unpaired) electrons. The van der Waals surface area contributed by atoms with Crippen LogP contribution in [0.25, 0.3) is 22.5 Å². The van der Waals surface area contributed by atoms with Crippen molar-refractivity contribution in [2.75, 3.05) is 4.72 Å². The van der Waals surface area contributed by atoms with E-state index in [1.807, 2.05) is 18.2 Å². The smallest absolute Gasteiger partial charge is 0.289 e. The highest BCUT2D eigenvalue weighted by molar-refractivity contribution is 7.92. The van der Waals surface area contributed by atoms with Crippen LogP contribution in [0.2, 0.25) is 5.02 Å². The summed E-state index contributed by atoms with van der Waals surface area (Å²) in [4.78, 5) is 9.98. The van der Waals surface area contributed by atoms with Crippen molar-refractivity contribution < 1.29 is 17.8 Å². The third-order valence-corrected chi connectivity index (χ3v) is 6.42. The molecule has 4 aromatic rings. The Morgan fingerprint density at radius 2 is 1.58 bits per heavy atom. The minimum Gasteiger partial charge on any atom is -0.438 e. The highest BCUT2D eigenvalue weighted by Crippen LogP contribution is 2.42. The van der Waals surface area contributed by atoms with Gasteiger partial charge in [-0.1, -0.05) is 72.3 Å². The first-order valence-corrected chi connectivity index (χ1v) is 11.3. The van der Waals surface area contributed by atoms with Crippen molar-refractivity contribution in [3.63, 3.8) is 0 Å². The van der Waals surface area contributed by atoms with E-state index < -0.39 is 25.5 Å². The average molecular weight is 480 g/mol. The molecule has 0 atom stereocenters. The molecule has 0 aliphatic rings. The molecule has 0 spiro atoms. The van der Waals surface area contributed by atoms with Crippen molar-refractivity contribution in [3.8, 4) is 28.5 Å². The monoisotopic (exact) mass is 479 g/mol. The molecule has 1 heterocycles. The molecule has 164 valence electrons. The topological polar surface area (TPSA) is 126 Å². The molecular weight excluding hydrogens is 466 g/mol. The Kier molecular flexibility index (Phi) is 5.87. The van der Waals surface area contributed by atoms with E-state index in [-0.39, 0.29) is 16.5 Å². The number of nitrogens with one attached hydrogen (secondary N) is 1. The van der Waals surface area contributed by atoms with Crippen LogP contribution >= 0.6 is 11.6 Å². The van der Waals surface area contributed by atoms with Crippen molar-refractivity contribution in [2.24, 2.45) is 0 Å². The Bertz CT molecular complexity index is 1490. The fourth-order valence-corrected chi connectivity index (χ4v) is 4.47. The molecule has 1 aromatic heterocycles. The molecule has 33 heavy (non-hydrogen) atoms. The standard InChI is InChI=1S/C23H14ClN3O5S/c24-19-12-11-17(13-20(19)27(28)29)33(30,31)26-23-18(14-25)21(15-7-3-1-4-8-15)22(32-23)16-9-5-2-6-10-16/h1-13,26H. The van der Waals surface area contributed by atoms with Gasteiger partial charge in [0.15, 0.2) is 0 Å². The summed E-state index contributed by atoms with van der Waals surface area (Å²) in [5.41, 5.74) is 1.13. The van der Waals surface area contributed by atoms with E-state index in [0.717, 1.165) is 18.2 Å². The van der Waals surface area contributed by atoms with Gasteiger partial charge in [-0.15, -0.1) is 0 Å². The molecule has 0 unspecified atom stereocenters. The number of nitro groups is 1.